The minimum atomic E-state index is 0.965. The van der Waals surface area contributed by atoms with Crippen LogP contribution in [-0.2, 0) is 0 Å². The third-order valence-electron chi connectivity index (χ3n) is 4.65. The van der Waals surface area contributed by atoms with E-state index in [2.05, 4.69) is 82.9 Å². The first-order valence-electron chi connectivity index (χ1n) is 7.29. The SMILES string of the molecule is B/C=C(B)/C(B)=C(/B)c1cc2c(B)c(B)c(Br)c(B)c2o1. The molecule has 0 amide bonds. The minimum absolute atomic E-state index is 0.965. The summed E-state index contributed by atoms with van der Waals surface area (Å²) in [5.41, 5.74) is 8.51. The van der Waals surface area contributed by atoms with E-state index in [0.717, 1.165) is 15.8 Å². The van der Waals surface area contributed by atoms with Crippen molar-refractivity contribution < 1.29 is 4.42 Å². The van der Waals surface area contributed by atoms with Crippen molar-refractivity contribution in [2.45, 2.75) is 0 Å². The summed E-state index contributed by atoms with van der Waals surface area (Å²) in [4.78, 5) is 0. The van der Waals surface area contributed by atoms with Crippen molar-refractivity contribution in [3.63, 3.8) is 0 Å². The van der Waals surface area contributed by atoms with Gasteiger partial charge in [-0.1, -0.05) is 37.8 Å². The van der Waals surface area contributed by atoms with Gasteiger partial charge < -0.3 is 4.42 Å². The van der Waals surface area contributed by atoms with Crippen LogP contribution >= 0.6 is 15.9 Å². The monoisotopic (exact) mass is 332 g/mol. The van der Waals surface area contributed by atoms with E-state index in [9.17, 15) is 0 Å². The molecule has 1 aromatic heterocycles. The summed E-state index contributed by atoms with van der Waals surface area (Å²) in [5.74, 6) is 3.10. The van der Waals surface area contributed by atoms with Gasteiger partial charge in [0.25, 0.3) is 0 Å². The Kier molecular flexibility index (Phi) is 4.82. The van der Waals surface area contributed by atoms with Gasteiger partial charge in [0.2, 0.25) is 0 Å². The summed E-state index contributed by atoms with van der Waals surface area (Å²) in [6, 6.07) is 2.18. The highest BCUT2D eigenvalue weighted by molar-refractivity contribution is 9.10. The second-order valence-electron chi connectivity index (χ2n) is 5.76. The highest BCUT2D eigenvalue weighted by Crippen LogP contribution is 2.24. The zero-order valence-electron chi connectivity index (χ0n) is 13.9. The standard InChI is InChI=1S/C12H16B7BrO/c13-2-4(14)7(16)8(17)5-1-3-6(15)9(18)11(20)10(19)12(3)21-5/h1-2H,13-19H2/b4-2-,8-7-. The van der Waals surface area contributed by atoms with E-state index in [0.29, 0.717) is 0 Å². The van der Waals surface area contributed by atoms with Gasteiger partial charge in [-0.3, -0.25) is 0 Å². The van der Waals surface area contributed by atoms with Gasteiger partial charge in [-0.25, -0.2) is 0 Å². The molecule has 1 heterocycles. The third kappa shape index (κ3) is 2.77. The molecule has 0 saturated carbocycles. The normalized spacial score (nSPS) is 13.5. The Morgan fingerprint density at radius 3 is 2.24 bits per heavy atom. The smallest absolute Gasteiger partial charge is 0.145 e. The van der Waals surface area contributed by atoms with Crippen LogP contribution in [0.5, 0.6) is 0 Å². The van der Waals surface area contributed by atoms with Crippen LogP contribution in [0.1, 0.15) is 5.76 Å². The summed E-state index contributed by atoms with van der Waals surface area (Å²) >= 11 is 3.68. The van der Waals surface area contributed by atoms with Crippen molar-refractivity contribution >= 4 is 104 Å². The number of halogens is 1. The molecule has 0 aliphatic rings. The van der Waals surface area contributed by atoms with Crippen LogP contribution < -0.4 is 16.4 Å². The minimum Gasteiger partial charge on any atom is -0.458 e. The van der Waals surface area contributed by atoms with Gasteiger partial charge >= 0.3 is 0 Å². The van der Waals surface area contributed by atoms with E-state index in [4.69, 9.17) is 4.42 Å². The summed E-state index contributed by atoms with van der Waals surface area (Å²) in [7, 11) is 14.9. The van der Waals surface area contributed by atoms with Crippen LogP contribution in [-0.4, -0.2) is 54.9 Å². The van der Waals surface area contributed by atoms with Gasteiger partial charge in [-0.05, 0) is 11.5 Å². The Labute approximate surface area is 141 Å². The molecule has 0 spiro atoms. The van der Waals surface area contributed by atoms with Crippen molar-refractivity contribution in [3.05, 3.63) is 33.2 Å². The zero-order chi connectivity index (χ0) is 15.9. The maximum atomic E-state index is 6.18. The summed E-state index contributed by atoms with van der Waals surface area (Å²) < 4.78 is 7.33. The molecular weight excluding hydrogens is 316 g/mol. The predicted octanol–water partition coefficient (Wildman–Crippen LogP) is -4.99. The molecule has 0 radical (unpaired) electrons. The van der Waals surface area contributed by atoms with Gasteiger partial charge in [-0.2, -0.15) is 0 Å². The Morgan fingerprint density at radius 1 is 1.05 bits per heavy atom. The van der Waals surface area contributed by atoms with E-state index >= 15 is 0 Å². The van der Waals surface area contributed by atoms with Crippen LogP contribution in [0.3, 0.4) is 0 Å². The molecule has 0 aliphatic heterocycles. The molecule has 0 saturated heterocycles. The van der Waals surface area contributed by atoms with Gasteiger partial charge in [0.15, 0.2) is 0 Å². The topological polar surface area (TPSA) is 13.1 Å². The van der Waals surface area contributed by atoms with Crippen molar-refractivity contribution in [3.8, 4) is 0 Å². The molecule has 1 nitrogen and oxygen atoms in total. The van der Waals surface area contributed by atoms with Gasteiger partial charge in [0.05, 0.1) is 0 Å². The number of furan rings is 1. The van der Waals surface area contributed by atoms with Crippen LogP contribution in [0, 0.1) is 0 Å². The first-order chi connectivity index (χ1) is 9.79. The molecule has 0 unspecified atom stereocenters. The lowest BCUT2D eigenvalue weighted by Crippen LogP contribution is -2.32. The molecule has 1 aromatic carbocycles. The molecule has 98 valence electrons. The highest BCUT2D eigenvalue weighted by Gasteiger charge is 2.15. The maximum Gasteiger partial charge on any atom is 0.145 e. The van der Waals surface area contributed by atoms with Crippen LogP contribution in [0.4, 0.5) is 0 Å². The van der Waals surface area contributed by atoms with Crippen LogP contribution in [0.25, 0.3) is 16.4 Å². The first-order valence-corrected chi connectivity index (χ1v) is 8.08. The molecule has 2 aromatic rings. The lowest BCUT2D eigenvalue weighted by atomic mass is 9.68. The van der Waals surface area contributed by atoms with Gasteiger partial charge in [-0.15, -0.1) is 11.4 Å². The lowest BCUT2D eigenvalue weighted by Gasteiger charge is -2.08. The number of benzene rings is 1. The molecule has 0 bridgehead atoms. The Bertz CT molecular complexity index is 746. The van der Waals surface area contributed by atoms with Crippen molar-refractivity contribution in [2.24, 2.45) is 0 Å². The maximum absolute atomic E-state index is 6.18. The fourth-order valence-electron chi connectivity index (χ4n) is 2.58. The summed E-state index contributed by atoms with van der Waals surface area (Å²) in [6.07, 6.45) is 0. The molecule has 9 heteroatoms. The highest BCUT2D eigenvalue weighted by atomic mass is 79.9. The predicted molar refractivity (Wildman–Crippen MR) is 118 cm³/mol. The number of rotatable bonds is 2. The first kappa shape index (κ1) is 16.5. The fraction of sp³-hybridized carbons (Fsp3) is 0. The van der Waals surface area contributed by atoms with Crippen molar-refractivity contribution in [1.82, 2.24) is 0 Å². The molecule has 0 atom stereocenters. The van der Waals surface area contributed by atoms with Gasteiger partial charge in [0, 0.05) is 9.86 Å². The molecule has 0 N–H and O–H groups in total. The Morgan fingerprint density at radius 2 is 1.67 bits per heavy atom. The fourth-order valence-corrected chi connectivity index (χ4v) is 3.05. The second kappa shape index (κ2) is 6.12. The molecule has 2 rings (SSSR count). The largest absolute Gasteiger partial charge is 0.458 e. The van der Waals surface area contributed by atoms with E-state index in [1.54, 1.807) is 0 Å². The Hall–Kier alpha value is -0.825. The average Bonchev–Trinajstić information content (AvgIpc) is 2.93. The summed E-state index contributed by atoms with van der Waals surface area (Å²) in [5, 5.41) is 1.22. The Balaban J connectivity index is 2.76. The van der Waals surface area contributed by atoms with Crippen LogP contribution in [0.2, 0.25) is 0 Å². The molecule has 0 fully saturated rings. The van der Waals surface area contributed by atoms with Crippen molar-refractivity contribution in [1.29, 1.82) is 0 Å². The molecular formula is C12H16B7BrO. The third-order valence-corrected chi connectivity index (χ3v) is 5.84. The van der Waals surface area contributed by atoms with E-state index in [-0.39, 0.29) is 0 Å². The number of hydrogen-bond donors (Lipinski definition) is 0. The molecule has 21 heavy (non-hydrogen) atoms. The zero-order valence-corrected chi connectivity index (χ0v) is 15.5. The molecule has 0 aliphatic carbocycles. The van der Waals surface area contributed by atoms with Gasteiger partial charge in [0.1, 0.15) is 66.3 Å². The van der Waals surface area contributed by atoms with E-state index in [1.165, 1.54) is 38.2 Å². The lowest BCUT2D eigenvalue weighted by molar-refractivity contribution is 0.604. The quantitative estimate of drug-likeness (QED) is 0.397. The number of fused-ring (bicyclic) bond motifs is 1. The van der Waals surface area contributed by atoms with Crippen molar-refractivity contribution in [2.75, 3.05) is 0 Å². The van der Waals surface area contributed by atoms with Crippen LogP contribution in [0.15, 0.2) is 31.9 Å². The second-order valence-corrected chi connectivity index (χ2v) is 6.56. The number of allylic oxidation sites excluding steroid dienone is 2. The van der Waals surface area contributed by atoms with E-state index < -0.39 is 0 Å². The number of hydrogen-bond acceptors (Lipinski definition) is 1. The summed E-state index contributed by atoms with van der Waals surface area (Å²) in [6.45, 7) is 0. The van der Waals surface area contributed by atoms with E-state index in [1.807, 2.05) is 0 Å². The average molecular weight is 332 g/mol.